The summed E-state index contributed by atoms with van der Waals surface area (Å²) in [5.41, 5.74) is 2.23. The van der Waals surface area contributed by atoms with Crippen molar-refractivity contribution in [3.8, 4) is 6.07 Å². The number of fused-ring (bicyclic) bond motifs is 1. The molecule has 3 aromatic heterocycles. The lowest BCUT2D eigenvalue weighted by Gasteiger charge is -2.34. The van der Waals surface area contributed by atoms with E-state index in [4.69, 9.17) is 10.00 Å². The monoisotopic (exact) mass is 850 g/mol. The number of benzene rings is 1. The van der Waals surface area contributed by atoms with Gasteiger partial charge in [0.1, 0.15) is 42.3 Å². The number of halogens is 3. The van der Waals surface area contributed by atoms with Gasteiger partial charge in [0.2, 0.25) is 17.6 Å². The van der Waals surface area contributed by atoms with E-state index in [1.807, 2.05) is 17.0 Å². The van der Waals surface area contributed by atoms with E-state index in [1.54, 1.807) is 23.1 Å². The second-order valence-electron chi connectivity index (χ2n) is 15.5. The Balaban J connectivity index is 0.849. The number of hydrogen-bond acceptors (Lipinski definition) is 15. The van der Waals surface area contributed by atoms with E-state index in [2.05, 4.69) is 46.9 Å². The molecule has 3 aliphatic rings. The van der Waals surface area contributed by atoms with Gasteiger partial charge in [-0.25, -0.2) is 24.9 Å². The van der Waals surface area contributed by atoms with E-state index in [-0.39, 0.29) is 23.5 Å². The molecule has 326 valence electrons. The summed E-state index contributed by atoms with van der Waals surface area (Å²) >= 11 is 0. The second kappa shape index (κ2) is 19.4. The van der Waals surface area contributed by atoms with Crippen LogP contribution in [0.15, 0.2) is 43.0 Å². The highest BCUT2D eigenvalue weighted by Gasteiger charge is 2.44. The van der Waals surface area contributed by atoms with Crippen molar-refractivity contribution in [3.63, 3.8) is 0 Å². The molecule has 2 amide bonds. The number of carbonyl (C=O) groups excluding carboxylic acids is 2. The number of nitrogens with zero attached hydrogens (tertiary/aromatic N) is 9. The summed E-state index contributed by atoms with van der Waals surface area (Å²) in [7, 11) is 0. The minimum absolute atomic E-state index is 0.0702. The van der Waals surface area contributed by atoms with Gasteiger partial charge in [-0.1, -0.05) is 12.1 Å². The fourth-order valence-electron chi connectivity index (χ4n) is 8.12. The fourth-order valence-corrected chi connectivity index (χ4v) is 8.12. The van der Waals surface area contributed by atoms with Gasteiger partial charge in [0.15, 0.2) is 23.2 Å². The van der Waals surface area contributed by atoms with E-state index in [0.29, 0.717) is 99.8 Å². The molecule has 7 rings (SSSR count). The minimum atomic E-state index is -4.78. The number of amides is 2. The van der Waals surface area contributed by atoms with Crippen LogP contribution >= 0.6 is 0 Å². The predicted molar refractivity (Wildman–Crippen MR) is 214 cm³/mol. The van der Waals surface area contributed by atoms with Crippen molar-refractivity contribution in [3.05, 3.63) is 59.9 Å². The Bertz CT molecular complexity index is 2180. The molecule has 0 saturated carbocycles. The van der Waals surface area contributed by atoms with Gasteiger partial charge >= 0.3 is 6.18 Å². The molecule has 1 aromatic carbocycles. The Kier molecular flexibility index (Phi) is 13.8. The average Bonchev–Trinajstić information content (AvgIpc) is 4.00. The lowest BCUT2D eigenvalue weighted by Crippen LogP contribution is -2.44. The molecule has 0 spiro atoms. The van der Waals surface area contributed by atoms with Crippen LogP contribution in [0.25, 0.3) is 11.2 Å². The zero-order valence-electron chi connectivity index (χ0n) is 33.3. The van der Waals surface area contributed by atoms with Crippen molar-refractivity contribution < 1.29 is 42.8 Å². The Hall–Kier alpha value is -5.69. The summed E-state index contributed by atoms with van der Waals surface area (Å²) in [6.45, 7) is 1.88. The van der Waals surface area contributed by atoms with Gasteiger partial charge in [0, 0.05) is 51.8 Å². The van der Waals surface area contributed by atoms with E-state index < -0.39 is 49.2 Å². The van der Waals surface area contributed by atoms with Gasteiger partial charge in [0.05, 0.1) is 24.6 Å². The molecule has 6 N–H and O–H groups in total. The minimum Gasteiger partial charge on any atom is -0.394 e. The van der Waals surface area contributed by atoms with Crippen molar-refractivity contribution in [1.29, 1.82) is 5.26 Å². The van der Waals surface area contributed by atoms with E-state index in [0.717, 1.165) is 24.8 Å². The predicted octanol–water partition coefficient (Wildman–Crippen LogP) is 2.06. The van der Waals surface area contributed by atoms with Gasteiger partial charge < -0.3 is 45.8 Å². The van der Waals surface area contributed by atoms with Crippen molar-refractivity contribution in [2.75, 3.05) is 61.0 Å². The number of imidazole rings is 1. The van der Waals surface area contributed by atoms with Crippen LogP contribution in [-0.4, -0.2) is 127 Å². The number of ether oxygens (including phenoxy) is 1. The smallest absolute Gasteiger partial charge is 0.394 e. The number of aliphatic hydroxyl groups is 3. The number of piperidine rings is 1. The maximum absolute atomic E-state index is 14.1. The first-order chi connectivity index (χ1) is 29.4. The Morgan fingerprint density at radius 3 is 2.44 bits per heavy atom. The van der Waals surface area contributed by atoms with Crippen LogP contribution in [0, 0.1) is 17.2 Å². The normalized spacial score (nSPS) is 22.1. The summed E-state index contributed by atoms with van der Waals surface area (Å²) in [6, 6.07) is 10.0. The molecule has 0 bridgehead atoms. The molecule has 3 fully saturated rings. The van der Waals surface area contributed by atoms with E-state index in [9.17, 15) is 38.1 Å². The maximum atomic E-state index is 14.1. The van der Waals surface area contributed by atoms with E-state index in [1.165, 1.54) is 17.2 Å². The van der Waals surface area contributed by atoms with Gasteiger partial charge in [-0.05, 0) is 68.6 Å². The first-order valence-corrected chi connectivity index (χ1v) is 20.5. The number of hydrogen-bond donors (Lipinski definition) is 6. The van der Waals surface area contributed by atoms with Gasteiger partial charge in [-0.15, -0.1) is 0 Å². The summed E-state index contributed by atoms with van der Waals surface area (Å²) in [6.07, 6.45) is -1.74. The molecular formula is C40H49F3N12O6. The Labute approximate surface area is 349 Å². The molecule has 3 aliphatic heterocycles. The highest BCUT2D eigenvalue weighted by molar-refractivity contribution is 5.86. The third-order valence-corrected chi connectivity index (χ3v) is 11.4. The average molecular weight is 851 g/mol. The Morgan fingerprint density at radius 1 is 0.951 bits per heavy atom. The van der Waals surface area contributed by atoms with Gasteiger partial charge in [0.25, 0.3) is 0 Å². The number of aliphatic hydroxyl groups excluding tert-OH is 3. The van der Waals surface area contributed by atoms with Crippen LogP contribution in [-0.2, 0) is 26.9 Å². The maximum Gasteiger partial charge on any atom is 0.451 e. The van der Waals surface area contributed by atoms with Gasteiger partial charge in [-0.3, -0.25) is 14.2 Å². The molecular weight excluding hydrogens is 802 g/mol. The molecule has 5 atom stereocenters. The van der Waals surface area contributed by atoms with Crippen LogP contribution in [0.2, 0.25) is 0 Å². The van der Waals surface area contributed by atoms with E-state index >= 15 is 0 Å². The number of nitriles is 1. The van der Waals surface area contributed by atoms with Crippen molar-refractivity contribution in [1.82, 2.24) is 40.1 Å². The summed E-state index contributed by atoms with van der Waals surface area (Å²) in [5.74, 6) is -0.706. The highest BCUT2D eigenvalue weighted by atomic mass is 19.4. The first-order valence-electron chi connectivity index (χ1n) is 20.5. The molecule has 6 heterocycles. The number of aromatic nitrogens is 6. The number of alkyl halides is 3. The van der Waals surface area contributed by atoms with Crippen LogP contribution in [0.1, 0.15) is 68.1 Å². The number of anilines is 3. The highest BCUT2D eigenvalue weighted by Crippen LogP contribution is 2.35. The van der Waals surface area contributed by atoms with Crippen LogP contribution in [0.4, 0.5) is 30.6 Å². The zero-order chi connectivity index (χ0) is 43.1. The van der Waals surface area contributed by atoms with Crippen molar-refractivity contribution in [2.24, 2.45) is 5.92 Å². The van der Waals surface area contributed by atoms with Crippen molar-refractivity contribution >= 4 is 40.4 Å². The molecule has 61 heavy (non-hydrogen) atoms. The van der Waals surface area contributed by atoms with Gasteiger partial charge in [-0.2, -0.15) is 18.4 Å². The third kappa shape index (κ3) is 10.3. The number of carbonyl (C=O) groups is 2. The van der Waals surface area contributed by atoms with Crippen LogP contribution in [0.5, 0.6) is 0 Å². The molecule has 3 saturated heterocycles. The Morgan fingerprint density at radius 2 is 1.72 bits per heavy atom. The second-order valence-corrected chi connectivity index (χ2v) is 15.5. The molecule has 4 aromatic rings. The number of rotatable bonds is 16. The number of nitrogens with one attached hydrogen (secondary N) is 3. The fraction of sp³-hybridized carbons (Fsp3) is 0.550. The molecule has 0 aliphatic carbocycles. The largest absolute Gasteiger partial charge is 0.451 e. The third-order valence-electron chi connectivity index (χ3n) is 11.4. The zero-order valence-corrected chi connectivity index (χ0v) is 33.3. The lowest BCUT2D eigenvalue weighted by atomic mass is 9.91. The standard InChI is InChI=1S/C40H49F3N12O6/c41-40(42,43)39-51-29(19-30(52-39)54-16-2-4-27(54)37(60)47-13-10-25-6-8-26(20-44)9-7-25)53-17-11-24(12-18-53)3-1-5-31(57)45-14-15-46-35-32-36(49-22-48-35)55(23-50-32)38-34(59)33(58)28(21-56)61-38/h6-9,19,22-24,27-28,33-34,38,56,58-59H,1-5,10-18,21H2,(H,45,57)(H,47,60)(H,46,48,49)/t27?,28-,33?,34?,38-/m1/s1. The summed E-state index contributed by atoms with van der Waals surface area (Å²) in [5, 5.41) is 47.9. The topological polar surface area (TPSA) is 240 Å². The van der Waals surface area contributed by atoms with Crippen LogP contribution in [0.3, 0.4) is 0 Å². The SMILES string of the molecule is N#Cc1ccc(CCNC(=O)C2CCCN2c2cc(N3CCC(CCCC(=O)NCCNc4ncnc5c4ncn5[C@@H]4O[C@H](CO)C(O)C4O)CC3)nc(C(F)(F)F)n2)cc1. The quantitative estimate of drug-likeness (QED) is 0.0885. The summed E-state index contributed by atoms with van der Waals surface area (Å²) < 4.78 is 49.3. The summed E-state index contributed by atoms with van der Waals surface area (Å²) in [4.78, 5) is 50.0. The molecule has 3 unspecified atom stereocenters. The lowest BCUT2D eigenvalue weighted by molar-refractivity contribution is -0.144. The molecule has 0 radical (unpaired) electrons. The van der Waals surface area contributed by atoms with Crippen LogP contribution < -0.4 is 25.8 Å². The molecule has 18 nitrogen and oxygen atoms in total. The molecule has 21 heteroatoms. The van der Waals surface area contributed by atoms with Crippen molar-refractivity contribution in [2.45, 2.75) is 88.1 Å². The first kappa shape index (κ1) is 43.4.